The summed E-state index contributed by atoms with van der Waals surface area (Å²) in [5.41, 5.74) is 1.38. The first-order chi connectivity index (χ1) is 11.4. The van der Waals surface area contributed by atoms with Gasteiger partial charge in [0.2, 0.25) is 0 Å². The van der Waals surface area contributed by atoms with Crippen molar-refractivity contribution in [2.75, 3.05) is 11.9 Å². The van der Waals surface area contributed by atoms with Crippen LogP contribution in [-0.4, -0.2) is 18.5 Å². The molecule has 0 radical (unpaired) electrons. The molecule has 0 unspecified atom stereocenters. The molecule has 0 aliphatic heterocycles. The van der Waals surface area contributed by atoms with Crippen LogP contribution in [0.1, 0.15) is 35.7 Å². The van der Waals surface area contributed by atoms with Crippen LogP contribution < -0.4 is 5.32 Å². The Bertz CT molecular complexity index is 744. The SMILES string of the molecule is CC(C)c1ccc(C(=O)OCC(=O)Nc2cc(Cl)ccc2F)cc1. The largest absolute Gasteiger partial charge is 0.452 e. The molecule has 1 N–H and O–H groups in total. The van der Waals surface area contributed by atoms with E-state index in [1.807, 2.05) is 26.0 Å². The van der Waals surface area contributed by atoms with Crippen LogP contribution in [0.5, 0.6) is 0 Å². The number of halogens is 2. The molecular weight excluding hydrogens is 333 g/mol. The lowest BCUT2D eigenvalue weighted by Gasteiger charge is -2.09. The number of nitrogens with one attached hydrogen (secondary N) is 1. The third kappa shape index (κ3) is 4.80. The van der Waals surface area contributed by atoms with Crippen LogP contribution in [0, 0.1) is 5.82 Å². The Labute approximate surface area is 144 Å². The average Bonchev–Trinajstić information content (AvgIpc) is 2.56. The summed E-state index contributed by atoms with van der Waals surface area (Å²) >= 11 is 5.74. The first-order valence-electron chi connectivity index (χ1n) is 7.39. The van der Waals surface area contributed by atoms with Crippen LogP contribution in [-0.2, 0) is 9.53 Å². The number of benzene rings is 2. The lowest BCUT2D eigenvalue weighted by molar-refractivity contribution is -0.119. The summed E-state index contributed by atoms with van der Waals surface area (Å²) in [4.78, 5) is 23.7. The van der Waals surface area contributed by atoms with Gasteiger partial charge < -0.3 is 10.1 Å². The van der Waals surface area contributed by atoms with Crippen LogP contribution in [0.2, 0.25) is 5.02 Å². The minimum Gasteiger partial charge on any atom is -0.452 e. The molecule has 0 saturated carbocycles. The van der Waals surface area contributed by atoms with Crippen molar-refractivity contribution in [3.63, 3.8) is 0 Å². The Kier molecular flexibility index (Phi) is 5.93. The van der Waals surface area contributed by atoms with Crippen LogP contribution in [0.4, 0.5) is 10.1 Å². The lowest BCUT2D eigenvalue weighted by Crippen LogP contribution is -2.21. The van der Waals surface area contributed by atoms with E-state index >= 15 is 0 Å². The van der Waals surface area contributed by atoms with Gasteiger partial charge in [0.15, 0.2) is 6.61 Å². The van der Waals surface area contributed by atoms with Crippen LogP contribution in [0.15, 0.2) is 42.5 Å². The smallest absolute Gasteiger partial charge is 0.338 e. The van der Waals surface area contributed by atoms with Crippen LogP contribution in [0.25, 0.3) is 0 Å². The number of anilines is 1. The normalized spacial score (nSPS) is 10.5. The van der Waals surface area contributed by atoms with E-state index < -0.39 is 24.3 Å². The van der Waals surface area contributed by atoms with E-state index in [4.69, 9.17) is 16.3 Å². The molecular formula is C18H17ClFNO3. The minimum absolute atomic E-state index is 0.0650. The highest BCUT2D eigenvalue weighted by Crippen LogP contribution is 2.19. The van der Waals surface area contributed by atoms with E-state index in [2.05, 4.69) is 5.32 Å². The number of rotatable bonds is 5. The van der Waals surface area contributed by atoms with Gasteiger partial charge in [-0.1, -0.05) is 37.6 Å². The number of ether oxygens (including phenoxy) is 1. The second-order valence-corrected chi connectivity index (χ2v) is 5.96. The van der Waals surface area contributed by atoms with Gasteiger partial charge in [-0.05, 0) is 41.8 Å². The molecule has 0 bridgehead atoms. The molecule has 0 heterocycles. The van der Waals surface area contributed by atoms with Gasteiger partial charge in [0.05, 0.1) is 11.3 Å². The molecule has 0 aliphatic rings. The van der Waals surface area contributed by atoms with Gasteiger partial charge in [0, 0.05) is 5.02 Å². The fourth-order valence-corrected chi connectivity index (χ4v) is 2.17. The Morgan fingerprint density at radius 1 is 1.17 bits per heavy atom. The highest BCUT2D eigenvalue weighted by Gasteiger charge is 2.12. The molecule has 24 heavy (non-hydrogen) atoms. The Balaban J connectivity index is 1.91. The quantitative estimate of drug-likeness (QED) is 0.814. The van der Waals surface area contributed by atoms with Crippen molar-refractivity contribution < 1.29 is 18.7 Å². The van der Waals surface area contributed by atoms with Crippen molar-refractivity contribution in [3.8, 4) is 0 Å². The molecule has 2 aromatic carbocycles. The second-order valence-electron chi connectivity index (χ2n) is 5.53. The highest BCUT2D eigenvalue weighted by molar-refractivity contribution is 6.30. The van der Waals surface area contributed by atoms with Gasteiger partial charge in [-0.15, -0.1) is 0 Å². The van der Waals surface area contributed by atoms with Crippen molar-refractivity contribution in [2.24, 2.45) is 0 Å². The third-order valence-corrected chi connectivity index (χ3v) is 3.59. The van der Waals surface area contributed by atoms with E-state index in [0.29, 0.717) is 11.5 Å². The molecule has 1 amide bonds. The fraction of sp³-hybridized carbons (Fsp3) is 0.222. The van der Waals surface area contributed by atoms with Gasteiger partial charge in [-0.3, -0.25) is 4.79 Å². The minimum atomic E-state index is -0.650. The number of carbonyl (C=O) groups is 2. The summed E-state index contributed by atoms with van der Waals surface area (Å²) in [6.45, 7) is 3.58. The molecule has 2 aromatic rings. The van der Waals surface area contributed by atoms with E-state index in [9.17, 15) is 14.0 Å². The Morgan fingerprint density at radius 3 is 2.46 bits per heavy atom. The van der Waals surface area contributed by atoms with Crippen molar-refractivity contribution in [3.05, 3.63) is 64.4 Å². The zero-order valence-corrected chi connectivity index (χ0v) is 14.1. The molecule has 6 heteroatoms. The first-order valence-corrected chi connectivity index (χ1v) is 7.76. The number of hydrogen-bond donors (Lipinski definition) is 1. The summed E-state index contributed by atoms with van der Waals surface area (Å²) in [6.07, 6.45) is 0. The molecule has 0 saturated heterocycles. The monoisotopic (exact) mass is 349 g/mol. The van der Waals surface area contributed by atoms with Gasteiger partial charge in [0.25, 0.3) is 5.91 Å². The van der Waals surface area contributed by atoms with E-state index in [0.717, 1.165) is 11.6 Å². The molecule has 0 aromatic heterocycles. The highest BCUT2D eigenvalue weighted by atomic mass is 35.5. The number of amides is 1. The van der Waals surface area contributed by atoms with Crippen LogP contribution >= 0.6 is 11.6 Å². The number of hydrogen-bond acceptors (Lipinski definition) is 3. The van der Waals surface area contributed by atoms with E-state index in [1.165, 1.54) is 12.1 Å². The standard InChI is InChI=1S/C18H17ClFNO3/c1-11(2)12-3-5-13(6-4-12)18(23)24-10-17(22)21-16-9-14(19)7-8-15(16)20/h3-9,11H,10H2,1-2H3,(H,21,22). The molecule has 126 valence electrons. The second kappa shape index (κ2) is 7.93. The van der Waals surface area contributed by atoms with Gasteiger partial charge >= 0.3 is 5.97 Å². The summed E-state index contributed by atoms with van der Waals surface area (Å²) in [5, 5.41) is 2.59. The maximum absolute atomic E-state index is 13.5. The third-order valence-electron chi connectivity index (χ3n) is 3.35. The summed E-state index contributed by atoms with van der Waals surface area (Å²) < 4.78 is 18.4. The summed E-state index contributed by atoms with van der Waals surface area (Å²) in [5.74, 6) is -1.54. The fourth-order valence-electron chi connectivity index (χ4n) is 2.00. The molecule has 0 spiro atoms. The van der Waals surface area contributed by atoms with Crippen molar-refractivity contribution in [1.29, 1.82) is 0 Å². The molecule has 0 atom stereocenters. The lowest BCUT2D eigenvalue weighted by atomic mass is 10.0. The average molecular weight is 350 g/mol. The zero-order chi connectivity index (χ0) is 17.7. The predicted octanol–water partition coefficient (Wildman–Crippen LogP) is 4.40. The van der Waals surface area contributed by atoms with E-state index in [1.54, 1.807) is 12.1 Å². The van der Waals surface area contributed by atoms with Crippen molar-refractivity contribution in [2.45, 2.75) is 19.8 Å². The number of carbonyl (C=O) groups excluding carboxylic acids is 2. The molecule has 0 fully saturated rings. The first kappa shape index (κ1) is 17.9. The predicted molar refractivity (Wildman–Crippen MR) is 90.9 cm³/mol. The Hall–Kier alpha value is -2.40. The molecule has 0 aliphatic carbocycles. The molecule has 2 rings (SSSR count). The van der Waals surface area contributed by atoms with Crippen molar-refractivity contribution >= 4 is 29.2 Å². The number of esters is 1. The van der Waals surface area contributed by atoms with Gasteiger partial charge in [-0.2, -0.15) is 0 Å². The van der Waals surface area contributed by atoms with Crippen molar-refractivity contribution in [1.82, 2.24) is 0 Å². The van der Waals surface area contributed by atoms with Crippen LogP contribution in [0.3, 0.4) is 0 Å². The maximum Gasteiger partial charge on any atom is 0.338 e. The zero-order valence-electron chi connectivity index (χ0n) is 13.3. The topological polar surface area (TPSA) is 55.4 Å². The Morgan fingerprint density at radius 2 is 1.83 bits per heavy atom. The summed E-state index contributed by atoms with van der Waals surface area (Å²) in [7, 11) is 0. The molecule has 4 nitrogen and oxygen atoms in total. The maximum atomic E-state index is 13.5. The van der Waals surface area contributed by atoms with E-state index in [-0.39, 0.29) is 10.7 Å². The summed E-state index contributed by atoms with van der Waals surface area (Å²) in [6, 6.07) is 10.7. The van der Waals surface area contributed by atoms with Gasteiger partial charge in [-0.25, -0.2) is 9.18 Å². The van der Waals surface area contributed by atoms with Gasteiger partial charge in [0.1, 0.15) is 5.82 Å².